The quantitative estimate of drug-likeness (QED) is 0.0319. The summed E-state index contributed by atoms with van der Waals surface area (Å²) in [6.07, 6.45) is 1.29. The van der Waals surface area contributed by atoms with Gasteiger partial charge in [0.25, 0.3) is 17.7 Å². The lowest BCUT2D eigenvalue weighted by molar-refractivity contribution is -0.170. The summed E-state index contributed by atoms with van der Waals surface area (Å²) < 4.78 is 70.0. The standard InChI is InChI=1S/C69H94F2N4O15/c1-43(87-64(80)54(33-45-13-14-45)39-75-62(78)59(90-67(83)57(72-7)38-69(5,6)71)36-48-19-23-51(24-20-48)53-27-31-85-32-28-53)60(76)73-41-56(37-68(3,4)70)66(82)89-58(35-47-17-21-50(22-18-47)52-25-29-84-30-26-52)61(77)74-40-55(34-46-15-16-46)65(81)88-44(2)63(79)86-42-49-11-9-8-10-12-49/h8-12,17-24,43-46,52-59,72H,13-16,25-42H2,1-7H3,(H,73,76)(H,74,77)(H,75,78)/t43-,44-,54+,55+,56+,57?,58-,59?/m1/s1. The van der Waals surface area contributed by atoms with Crippen molar-refractivity contribution in [2.24, 2.45) is 29.6 Å². The van der Waals surface area contributed by atoms with Crippen LogP contribution in [0.1, 0.15) is 158 Å². The van der Waals surface area contributed by atoms with Gasteiger partial charge in [-0.2, -0.15) is 0 Å². The molecule has 2 aliphatic carbocycles. The van der Waals surface area contributed by atoms with Crippen LogP contribution in [0.25, 0.3) is 0 Å². The minimum absolute atomic E-state index is 0.0138. The molecule has 90 heavy (non-hydrogen) atoms. The predicted octanol–water partition coefficient (Wildman–Crippen LogP) is 8.35. The van der Waals surface area contributed by atoms with Crippen molar-refractivity contribution in [2.75, 3.05) is 53.1 Å². The summed E-state index contributed by atoms with van der Waals surface area (Å²) in [5.41, 5.74) is 0.623. The largest absolute Gasteiger partial charge is 0.458 e. The fourth-order valence-electron chi connectivity index (χ4n) is 11.4. The number of nitrogens with one attached hydrogen (secondary N) is 4. The highest BCUT2D eigenvalue weighted by molar-refractivity contribution is 5.88. The molecule has 494 valence electrons. The Labute approximate surface area is 528 Å². The van der Waals surface area contributed by atoms with Crippen molar-refractivity contribution in [2.45, 2.75) is 192 Å². The van der Waals surface area contributed by atoms with Gasteiger partial charge in [-0.25, -0.2) is 13.6 Å². The number of ether oxygens (including phenoxy) is 7. The molecule has 19 nitrogen and oxygen atoms in total. The molecule has 4 fully saturated rings. The lowest BCUT2D eigenvalue weighted by Crippen LogP contribution is -2.47. The molecule has 2 unspecified atom stereocenters. The van der Waals surface area contributed by atoms with E-state index >= 15 is 4.39 Å². The first-order valence-electron chi connectivity index (χ1n) is 32.1. The van der Waals surface area contributed by atoms with Crippen LogP contribution in [0.5, 0.6) is 0 Å². The minimum Gasteiger partial charge on any atom is -0.458 e. The number of esters is 5. The fourth-order valence-corrected chi connectivity index (χ4v) is 11.4. The maximum Gasteiger partial charge on any atom is 0.347 e. The third kappa shape index (κ3) is 24.1. The average Bonchev–Trinajstić information content (AvgIpc) is 4.58. The second-order valence-corrected chi connectivity index (χ2v) is 26.1. The Kier molecular flexibility index (Phi) is 26.7. The lowest BCUT2D eigenvalue weighted by Gasteiger charge is -2.26. The second kappa shape index (κ2) is 34.0. The van der Waals surface area contributed by atoms with E-state index in [1.807, 2.05) is 66.7 Å². The molecule has 3 aromatic rings. The average molecular weight is 1260 g/mol. The molecule has 3 amide bonds. The molecular weight excluding hydrogens is 1160 g/mol. The number of halogens is 2. The number of alkyl halides is 2. The molecule has 2 heterocycles. The number of hydrogen-bond acceptors (Lipinski definition) is 16. The summed E-state index contributed by atoms with van der Waals surface area (Å²) in [6, 6.07) is 23.3. The lowest BCUT2D eigenvalue weighted by atomic mass is 9.90. The van der Waals surface area contributed by atoms with Gasteiger partial charge in [0, 0.05) is 65.3 Å². The van der Waals surface area contributed by atoms with E-state index in [1.54, 1.807) is 12.1 Å². The number of carbonyl (C=O) groups excluding carboxylic acids is 8. The summed E-state index contributed by atoms with van der Waals surface area (Å²) in [6.45, 7) is 9.64. The topological polar surface area (TPSA) is 249 Å². The SMILES string of the molecule is CNC(CC(C)(C)F)C(=O)OC(Cc1ccc(C2CCOCC2)cc1)C(=O)NC[C@H](CC1CC1)C(=O)O[C@H](C)C(=O)NC[C@H](CC(C)(C)F)C(=O)O[C@H](Cc1ccc(C2CCOCC2)cc1)C(=O)NC[C@H](CC1CC1)C(=O)O[C@H](C)C(=O)OCc1ccccc1. The molecule has 0 radical (unpaired) electrons. The highest BCUT2D eigenvalue weighted by atomic mass is 19.1. The number of likely N-dealkylation sites (N-methyl/N-ethyl adjacent to an activating group) is 1. The van der Waals surface area contributed by atoms with E-state index in [1.165, 1.54) is 48.6 Å². The molecule has 4 aliphatic rings. The van der Waals surface area contributed by atoms with Crippen LogP contribution in [0.3, 0.4) is 0 Å². The molecule has 0 spiro atoms. The summed E-state index contributed by atoms with van der Waals surface area (Å²) >= 11 is 0. The van der Waals surface area contributed by atoms with E-state index in [-0.39, 0.29) is 56.7 Å². The van der Waals surface area contributed by atoms with Crippen molar-refractivity contribution >= 4 is 47.6 Å². The van der Waals surface area contributed by atoms with Crippen molar-refractivity contribution in [3.63, 3.8) is 0 Å². The zero-order chi connectivity index (χ0) is 65.0. The van der Waals surface area contributed by atoms with E-state index in [4.69, 9.17) is 33.2 Å². The van der Waals surface area contributed by atoms with Crippen LogP contribution >= 0.6 is 0 Å². The molecule has 7 rings (SSSR count). The maximum atomic E-state index is 15.7. The Morgan fingerprint density at radius 3 is 1.33 bits per heavy atom. The van der Waals surface area contributed by atoms with E-state index in [9.17, 15) is 42.7 Å². The summed E-state index contributed by atoms with van der Waals surface area (Å²) in [5.74, 6) is -8.47. The van der Waals surface area contributed by atoms with Gasteiger partial charge in [0.1, 0.15) is 24.0 Å². The number of carbonyl (C=O) groups is 8. The van der Waals surface area contributed by atoms with Crippen LogP contribution in [0.2, 0.25) is 0 Å². The molecule has 2 aliphatic heterocycles. The Hall–Kier alpha value is -6.84. The van der Waals surface area contributed by atoms with Crippen molar-refractivity contribution in [1.29, 1.82) is 0 Å². The van der Waals surface area contributed by atoms with Crippen molar-refractivity contribution in [1.82, 2.24) is 21.3 Å². The summed E-state index contributed by atoms with van der Waals surface area (Å²) in [7, 11) is 1.50. The normalized spacial score (nSPS) is 18.4. The molecule has 0 aromatic heterocycles. The third-order valence-electron chi connectivity index (χ3n) is 17.1. The van der Waals surface area contributed by atoms with Gasteiger partial charge in [0.2, 0.25) is 0 Å². The number of benzene rings is 3. The Morgan fingerprint density at radius 1 is 0.489 bits per heavy atom. The van der Waals surface area contributed by atoms with Gasteiger partial charge in [-0.1, -0.05) is 105 Å². The van der Waals surface area contributed by atoms with Crippen molar-refractivity contribution in [3.05, 3.63) is 107 Å². The fraction of sp³-hybridized carbons (Fsp3) is 0.623. The molecule has 2 saturated heterocycles. The monoisotopic (exact) mass is 1260 g/mol. The van der Waals surface area contributed by atoms with Crippen LogP contribution in [-0.2, 0) is 91.0 Å². The first-order valence-corrected chi connectivity index (χ1v) is 32.1. The minimum atomic E-state index is -1.97. The van der Waals surface area contributed by atoms with Gasteiger partial charge >= 0.3 is 29.8 Å². The first-order chi connectivity index (χ1) is 42.9. The molecule has 4 N–H and O–H groups in total. The van der Waals surface area contributed by atoms with E-state index in [0.29, 0.717) is 56.3 Å². The van der Waals surface area contributed by atoms with Gasteiger partial charge in [-0.05, 0) is 145 Å². The predicted molar refractivity (Wildman–Crippen MR) is 330 cm³/mol. The number of rotatable bonds is 35. The van der Waals surface area contributed by atoms with Crippen LogP contribution in [0, 0.1) is 29.6 Å². The number of amides is 3. The molecule has 0 bridgehead atoms. The molecule has 3 aromatic carbocycles. The van der Waals surface area contributed by atoms with Crippen molar-refractivity contribution < 1.29 is 80.3 Å². The zero-order valence-electron chi connectivity index (χ0n) is 53.4. The smallest absolute Gasteiger partial charge is 0.347 e. The molecule has 2 saturated carbocycles. The second-order valence-electron chi connectivity index (χ2n) is 26.1. The molecular formula is C69H94F2N4O15. The third-order valence-corrected chi connectivity index (χ3v) is 17.1. The van der Waals surface area contributed by atoms with Crippen LogP contribution in [0.4, 0.5) is 8.78 Å². The van der Waals surface area contributed by atoms with Crippen LogP contribution in [0.15, 0.2) is 78.9 Å². The maximum absolute atomic E-state index is 15.7. The molecule has 8 atom stereocenters. The van der Waals surface area contributed by atoms with Gasteiger partial charge in [0.05, 0.1) is 17.8 Å². The van der Waals surface area contributed by atoms with E-state index < -0.39 is 120 Å². The van der Waals surface area contributed by atoms with E-state index in [0.717, 1.165) is 68.1 Å². The Bertz CT molecular complexity index is 2830. The van der Waals surface area contributed by atoms with Gasteiger partial charge in [0.15, 0.2) is 24.4 Å². The first kappa shape index (κ1) is 70.6. The number of hydrogen-bond donors (Lipinski definition) is 4. The highest BCUT2D eigenvalue weighted by Crippen LogP contribution is 2.37. The summed E-state index contributed by atoms with van der Waals surface area (Å²) in [4.78, 5) is 111. The summed E-state index contributed by atoms with van der Waals surface area (Å²) in [5, 5.41) is 11.0. The van der Waals surface area contributed by atoms with Crippen LogP contribution in [-0.4, -0.2) is 142 Å². The van der Waals surface area contributed by atoms with Gasteiger partial charge < -0.3 is 54.4 Å². The van der Waals surface area contributed by atoms with Crippen LogP contribution < -0.4 is 21.3 Å². The van der Waals surface area contributed by atoms with Gasteiger partial charge in [-0.3, -0.25) is 33.6 Å². The highest BCUT2D eigenvalue weighted by Gasteiger charge is 2.39. The van der Waals surface area contributed by atoms with Crippen molar-refractivity contribution in [3.8, 4) is 0 Å². The van der Waals surface area contributed by atoms with Gasteiger partial charge in [-0.15, -0.1) is 0 Å². The van der Waals surface area contributed by atoms with E-state index in [2.05, 4.69) is 21.3 Å². The Balaban J connectivity index is 0.991. The molecule has 21 heteroatoms. The zero-order valence-corrected chi connectivity index (χ0v) is 53.4. The Morgan fingerprint density at radius 2 is 0.900 bits per heavy atom.